The average Bonchev–Trinajstić information content (AvgIpc) is 2.73. The maximum atomic E-state index is 12.0. The minimum Gasteiger partial charge on any atom is -0.455 e. The molecule has 0 saturated carbocycles. The lowest BCUT2D eigenvalue weighted by atomic mass is 10.3. The molecular formula is C10H12F3NO3S. The van der Waals surface area contributed by atoms with Crippen LogP contribution in [0, 0.1) is 0 Å². The van der Waals surface area contributed by atoms with Crippen molar-refractivity contribution >= 4 is 17.7 Å². The zero-order chi connectivity index (χ0) is 13.8. The van der Waals surface area contributed by atoms with Crippen LogP contribution in [-0.2, 0) is 5.75 Å². The molecule has 0 fully saturated rings. The van der Waals surface area contributed by atoms with Crippen LogP contribution in [0.2, 0.25) is 0 Å². The zero-order valence-electron chi connectivity index (χ0n) is 9.45. The molecule has 0 aliphatic heterocycles. The third-order valence-electron chi connectivity index (χ3n) is 2.01. The van der Waals surface area contributed by atoms with Crippen LogP contribution < -0.4 is 5.32 Å². The molecule has 18 heavy (non-hydrogen) atoms. The minimum atomic E-state index is -4.75. The molecule has 102 valence electrons. The van der Waals surface area contributed by atoms with Gasteiger partial charge in [-0.25, -0.2) is 0 Å². The first-order valence-corrected chi connectivity index (χ1v) is 6.34. The lowest BCUT2D eigenvalue weighted by Gasteiger charge is -2.14. The number of aliphatic hydroxyl groups excluding tert-OH is 1. The summed E-state index contributed by atoms with van der Waals surface area (Å²) in [7, 11) is 0. The summed E-state index contributed by atoms with van der Waals surface area (Å²) in [6.07, 6.45) is -5.48. The van der Waals surface area contributed by atoms with E-state index >= 15 is 0 Å². The summed E-state index contributed by atoms with van der Waals surface area (Å²) in [6.45, 7) is -0.902. The van der Waals surface area contributed by atoms with Gasteiger partial charge in [-0.05, 0) is 18.4 Å². The number of carbonyl (C=O) groups excluding carboxylic acids is 1. The molecule has 0 aliphatic carbocycles. The second-order valence-corrected chi connectivity index (χ2v) is 4.33. The van der Waals surface area contributed by atoms with E-state index in [9.17, 15) is 18.0 Å². The van der Waals surface area contributed by atoms with E-state index in [1.54, 1.807) is 6.07 Å². The van der Waals surface area contributed by atoms with Crippen molar-refractivity contribution < 1.29 is 27.5 Å². The van der Waals surface area contributed by atoms with Crippen molar-refractivity contribution in [3.8, 4) is 0 Å². The second-order valence-electron chi connectivity index (χ2n) is 3.47. The Hall–Kier alpha value is -1.15. The predicted octanol–water partition coefficient (Wildman–Crippen LogP) is 1.80. The van der Waals surface area contributed by atoms with Gasteiger partial charge >= 0.3 is 6.18 Å². The fraction of sp³-hybridized carbons (Fsp3) is 0.500. The number of hydrogen-bond donors (Lipinski definition) is 2. The smallest absolute Gasteiger partial charge is 0.416 e. The molecule has 8 heteroatoms. The maximum absolute atomic E-state index is 12.0. The lowest BCUT2D eigenvalue weighted by Crippen LogP contribution is -2.40. The largest absolute Gasteiger partial charge is 0.455 e. The van der Waals surface area contributed by atoms with Crippen LogP contribution in [-0.4, -0.2) is 36.1 Å². The minimum absolute atomic E-state index is 0.0755. The molecule has 1 rings (SSSR count). The molecule has 1 amide bonds. The number of nitrogens with one attached hydrogen (secondary N) is 1. The van der Waals surface area contributed by atoms with E-state index in [1.807, 2.05) is 11.6 Å². The van der Waals surface area contributed by atoms with Crippen molar-refractivity contribution in [2.24, 2.45) is 0 Å². The number of halogens is 3. The average molecular weight is 283 g/mol. The van der Waals surface area contributed by atoms with Gasteiger partial charge in [-0.2, -0.15) is 24.9 Å². The molecule has 0 saturated heterocycles. The fourth-order valence-electron chi connectivity index (χ4n) is 1.11. The van der Waals surface area contributed by atoms with Gasteiger partial charge in [0.25, 0.3) is 5.91 Å². The Bertz CT molecular complexity index is 405. The molecule has 1 unspecified atom stereocenters. The molecule has 0 aromatic carbocycles. The van der Waals surface area contributed by atoms with Crippen LogP contribution in [0.4, 0.5) is 13.2 Å². The fourth-order valence-corrected chi connectivity index (χ4v) is 1.55. The third kappa shape index (κ3) is 4.26. The monoisotopic (exact) mass is 283 g/mol. The molecule has 0 bridgehead atoms. The van der Waals surface area contributed by atoms with Crippen molar-refractivity contribution in [3.05, 3.63) is 23.7 Å². The molecule has 1 aromatic rings. The summed E-state index contributed by atoms with van der Waals surface area (Å²) in [4.78, 5) is 11.4. The highest BCUT2D eigenvalue weighted by Gasteiger charge is 2.38. The summed E-state index contributed by atoms with van der Waals surface area (Å²) in [5, 5.41) is 10.6. The van der Waals surface area contributed by atoms with Gasteiger partial charge in [0.15, 0.2) is 11.9 Å². The van der Waals surface area contributed by atoms with Gasteiger partial charge in [0.1, 0.15) is 5.76 Å². The van der Waals surface area contributed by atoms with E-state index in [4.69, 9.17) is 9.52 Å². The van der Waals surface area contributed by atoms with Crippen LogP contribution in [0.15, 0.2) is 16.5 Å². The Morgan fingerprint density at radius 1 is 1.56 bits per heavy atom. The van der Waals surface area contributed by atoms with Gasteiger partial charge in [-0.1, -0.05) is 0 Å². The lowest BCUT2D eigenvalue weighted by molar-refractivity contribution is -0.201. The van der Waals surface area contributed by atoms with Crippen LogP contribution in [0.25, 0.3) is 0 Å². The number of carbonyl (C=O) groups is 1. The molecular weight excluding hydrogens is 271 g/mol. The number of aliphatic hydroxyl groups is 1. The predicted molar refractivity (Wildman–Crippen MR) is 60.3 cm³/mol. The quantitative estimate of drug-likeness (QED) is 0.865. The highest BCUT2D eigenvalue weighted by Crippen LogP contribution is 2.19. The Morgan fingerprint density at radius 3 is 2.78 bits per heavy atom. The van der Waals surface area contributed by atoms with Crippen LogP contribution in [0.1, 0.15) is 16.3 Å². The molecule has 1 aromatic heterocycles. The van der Waals surface area contributed by atoms with Crippen LogP contribution >= 0.6 is 11.8 Å². The standard InChI is InChI=1S/C10H12F3NO3S/c1-18-5-6-2-3-7(17-6)9(16)14-4-8(15)10(11,12)13/h2-3,8,15H,4-5H2,1H3,(H,14,16). The second kappa shape index (κ2) is 6.14. The molecule has 1 heterocycles. The van der Waals surface area contributed by atoms with Gasteiger partial charge in [0.2, 0.25) is 0 Å². The van der Waals surface area contributed by atoms with Crippen molar-refractivity contribution in [3.63, 3.8) is 0 Å². The first-order chi connectivity index (χ1) is 8.34. The van der Waals surface area contributed by atoms with E-state index in [-0.39, 0.29) is 5.76 Å². The van der Waals surface area contributed by atoms with Crippen molar-refractivity contribution in [1.82, 2.24) is 5.32 Å². The van der Waals surface area contributed by atoms with Gasteiger partial charge in [-0.3, -0.25) is 4.79 Å². The Balaban J connectivity index is 2.50. The number of thioether (sulfide) groups is 1. The molecule has 0 radical (unpaired) electrons. The highest BCUT2D eigenvalue weighted by atomic mass is 32.2. The number of rotatable bonds is 5. The Kier molecular flexibility index (Phi) is 5.09. The van der Waals surface area contributed by atoms with Crippen molar-refractivity contribution in [2.45, 2.75) is 18.0 Å². The van der Waals surface area contributed by atoms with Crippen molar-refractivity contribution in [1.29, 1.82) is 0 Å². The normalized spacial score (nSPS) is 13.4. The van der Waals surface area contributed by atoms with E-state index in [2.05, 4.69) is 0 Å². The molecule has 0 spiro atoms. The van der Waals surface area contributed by atoms with E-state index in [0.717, 1.165) is 0 Å². The summed E-state index contributed by atoms with van der Waals surface area (Å²) in [6, 6.07) is 2.95. The topological polar surface area (TPSA) is 62.5 Å². The number of hydrogen-bond acceptors (Lipinski definition) is 4. The molecule has 0 aliphatic rings. The van der Waals surface area contributed by atoms with Gasteiger partial charge in [-0.15, -0.1) is 0 Å². The highest BCUT2D eigenvalue weighted by molar-refractivity contribution is 7.97. The number of alkyl halides is 3. The number of amides is 1. The third-order valence-corrected chi connectivity index (χ3v) is 2.58. The van der Waals surface area contributed by atoms with E-state index in [0.29, 0.717) is 11.5 Å². The first-order valence-electron chi connectivity index (χ1n) is 4.95. The summed E-state index contributed by atoms with van der Waals surface area (Å²) in [5.74, 6) is 0.265. The molecule has 2 N–H and O–H groups in total. The van der Waals surface area contributed by atoms with E-state index in [1.165, 1.54) is 17.8 Å². The molecule has 1 atom stereocenters. The van der Waals surface area contributed by atoms with Gasteiger partial charge < -0.3 is 14.8 Å². The van der Waals surface area contributed by atoms with Crippen LogP contribution in [0.5, 0.6) is 0 Å². The summed E-state index contributed by atoms with van der Waals surface area (Å²) in [5.41, 5.74) is 0. The van der Waals surface area contributed by atoms with Gasteiger partial charge in [0, 0.05) is 0 Å². The number of furan rings is 1. The molecule has 4 nitrogen and oxygen atoms in total. The zero-order valence-corrected chi connectivity index (χ0v) is 10.3. The first kappa shape index (κ1) is 14.9. The van der Waals surface area contributed by atoms with Crippen molar-refractivity contribution in [2.75, 3.05) is 12.8 Å². The van der Waals surface area contributed by atoms with Crippen LogP contribution in [0.3, 0.4) is 0 Å². The Morgan fingerprint density at radius 2 is 2.22 bits per heavy atom. The summed E-state index contributed by atoms with van der Waals surface area (Å²) >= 11 is 1.49. The van der Waals surface area contributed by atoms with Gasteiger partial charge in [0.05, 0.1) is 12.3 Å². The summed E-state index contributed by atoms with van der Waals surface area (Å²) < 4.78 is 41.0. The van der Waals surface area contributed by atoms with E-state index < -0.39 is 24.7 Å². The Labute approximate surface area is 106 Å². The maximum Gasteiger partial charge on any atom is 0.416 e. The SMILES string of the molecule is CSCc1ccc(C(=O)NCC(O)C(F)(F)F)o1.